The smallest absolute Gasteiger partial charge is 0.257 e. The first-order valence-corrected chi connectivity index (χ1v) is 9.47. The first-order valence-electron chi connectivity index (χ1n) is 9.47. The van der Waals surface area contributed by atoms with Crippen LogP contribution in [0, 0.1) is 6.92 Å². The Balaban J connectivity index is 1.44. The van der Waals surface area contributed by atoms with Gasteiger partial charge in [-0.05, 0) is 36.8 Å². The fraction of sp³-hybridized carbons (Fsp3) is 0.227. The first-order chi connectivity index (χ1) is 14.4. The molecule has 0 spiro atoms. The van der Waals surface area contributed by atoms with E-state index in [4.69, 9.17) is 4.74 Å². The molecule has 0 aliphatic rings. The van der Waals surface area contributed by atoms with E-state index < -0.39 is 23.3 Å². The molecule has 4 N–H and O–H groups in total. The van der Waals surface area contributed by atoms with Crippen LogP contribution >= 0.6 is 0 Å². The molecule has 1 heterocycles. The van der Waals surface area contributed by atoms with Crippen molar-refractivity contribution < 1.29 is 19.4 Å². The minimum Gasteiger partial charge on any atom is -0.491 e. The van der Waals surface area contributed by atoms with E-state index in [2.05, 4.69) is 15.6 Å². The Labute approximate surface area is 172 Å². The summed E-state index contributed by atoms with van der Waals surface area (Å²) < 4.78 is 5.48. The first kappa shape index (κ1) is 21.1. The lowest BCUT2D eigenvalue weighted by Crippen LogP contribution is -2.42. The second-order valence-electron chi connectivity index (χ2n) is 6.85. The van der Waals surface area contributed by atoms with Crippen LogP contribution < -0.4 is 20.8 Å². The van der Waals surface area contributed by atoms with Gasteiger partial charge in [0.25, 0.3) is 5.91 Å². The van der Waals surface area contributed by atoms with Crippen LogP contribution in [0.4, 0.5) is 0 Å². The Morgan fingerprint density at radius 2 is 1.93 bits per heavy atom. The van der Waals surface area contributed by atoms with E-state index in [0.717, 1.165) is 5.56 Å². The monoisotopic (exact) mass is 409 g/mol. The predicted molar refractivity (Wildman–Crippen MR) is 113 cm³/mol. The number of para-hydroxylation sites is 1. The minimum absolute atomic E-state index is 0.0164. The summed E-state index contributed by atoms with van der Waals surface area (Å²) in [6, 6.07) is 14.3. The maximum Gasteiger partial charge on any atom is 0.257 e. The topological polar surface area (TPSA) is 121 Å². The molecule has 0 bridgehead atoms. The van der Waals surface area contributed by atoms with E-state index in [1.807, 2.05) is 25.1 Å². The number of aliphatic hydroxyl groups is 1. The van der Waals surface area contributed by atoms with Crippen molar-refractivity contribution in [3.8, 4) is 5.75 Å². The highest BCUT2D eigenvalue weighted by atomic mass is 16.5. The van der Waals surface area contributed by atoms with Crippen LogP contribution in [0.1, 0.15) is 15.9 Å². The van der Waals surface area contributed by atoms with Gasteiger partial charge in [-0.1, -0.05) is 24.3 Å². The Morgan fingerprint density at radius 3 is 2.73 bits per heavy atom. The number of hydrogen-bond donors (Lipinski definition) is 4. The van der Waals surface area contributed by atoms with Gasteiger partial charge in [-0.3, -0.25) is 14.4 Å². The molecule has 8 heteroatoms. The number of aryl methyl sites for hydroxylation is 1. The molecule has 3 aromatic rings. The number of fused-ring (bicyclic) bond motifs is 1. The molecule has 1 aromatic heterocycles. The standard InChI is InChI=1S/C22H23N3O5/c1-14-5-4-6-16(9-14)30-13-15(26)10-24-20(27)12-25-22(29)18-11-23-19-8-3-2-7-17(19)21(18)28/h2-9,11,15,26H,10,12-13H2,1H3,(H,23,28)(H,24,27)(H,25,29). The number of amides is 2. The number of carbonyl (C=O) groups is 2. The van der Waals surface area contributed by atoms with Gasteiger partial charge < -0.3 is 25.5 Å². The van der Waals surface area contributed by atoms with Gasteiger partial charge in [0.1, 0.15) is 24.0 Å². The van der Waals surface area contributed by atoms with E-state index >= 15 is 0 Å². The van der Waals surface area contributed by atoms with Crippen LogP contribution in [-0.2, 0) is 4.79 Å². The molecule has 156 valence electrons. The van der Waals surface area contributed by atoms with Crippen LogP contribution in [0.25, 0.3) is 10.9 Å². The fourth-order valence-corrected chi connectivity index (χ4v) is 2.84. The number of H-pyrrole nitrogens is 1. The number of aliphatic hydroxyl groups excluding tert-OH is 1. The number of pyridine rings is 1. The number of rotatable bonds is 8. The van der Waals surface area contributed by atoms with Crippen molar-refractivity contribution in [3.63, 3.8) is 0 Å². The Hall–Kier alpha value is -3.65. The van der Waals surface area contributed by atoms with Gasteiger partial charge in [0.15, 0.2) is 0 Å². The Bertz CT molecular complexity index is 1110. The quantitative estimate of drug-likeness (QED) is 0.444. The normalized spacial score (nSPS) is 11.7. The maximum absolute atomic E-state index is 12.4. The number of ether oxygens (including phenoxy) is 1. The van der Waals surface area contributed by atoms with Crippen LogP contribution in [0.5, 0.6) is 5.75 Å². The Morgan fingerprint density at radius 1 is 1.13 bits per heavy atom. The lowest BCUT2D eigenvalue weighted by Gasteiger charge is -2.14. The molecule has 0 aliphatic carbocycles. The number of carbonyl (C=O) groups excluding carboxylic acids is 2. The summed E-state index contributed by atoms with van der Waals surface area (Å²) in [6.07, 6.45) is 0.415. The highest BCUT2D eigenvalue weighted by Crippen LogP contribution is 2.12. The van der Waals surface area contributed by atoms with E-state index in [9.17, 15) is 19.5 Å². The van der Waals surface area contributed by atoms with Gasteiger partial charge in [0.2, 0.25) is 11.3 Å². The molecule has 8 nitrogen and oxygen atoms in total. The molecular weight excluding hydrogens is 386 g/mol. The summed E-state index contributed by atoms with van der Waals surface area (Å²) in [4.78, 5) is 39.5. The van der Waals surface area contributed by atoms with Gasteiger partial charge in [-0.25, -0.2) is 0 Å². The molecule has 1 atom stereocenters. The van der Waals surface area contributed by atoms with Crippen molar-refractivity contribution in [1.82, 2.24) is 15.6 Å². The SMILES string of the molecule is Cc1cccc(OCC(O)CNC(=O)CNC(=O)c2c[nH]c3ccccc3c2=O)c1. The zero-order valence-corrected chi connectivity index (χ0v) is 16.5. The third kappa shape index (κ3) is 5.45. The van der Waals surface area contributed by atoms with Gasteiger partial charge in [-0.15, -0.1) is 0 Å². The fourth-order valence-electron chi connectivity index (χ4n) is 2.84. The van der Waals surface area contributed by atoms with E-state index in [0.29, 0.717) is 16.7 Å². The lowest BCUT2D eigenvalue weighted by molar-refractivity contribution is -0.120. The molecular formula is C22H23N3O5. The molecule has 0 saturated heterocycles. The summed E-state index contributed by atoms with van der Waals surface area (Å²) >= 11 is 0. The third-order valence-corrected chi connectivity index (χ3v) is 4.41. The molecule has 1 unspecified atom stereocenters. The van der Waals surface area contributed by atoms with Crippen molar-refractivity contribution >= 4 is 22.7 Å². The number of aromatic nitrogens is 1. The van der Waals surface area contributed by atoms with Crippen molar-refractivity contribution in [2.75, 3.05) is 19.7 Å². The molecule has 0 aliphatic heterocycles. The summed E-state index contributed by atoms with van der Waals surface area (Å²) in [5.41, 5.74) is 1.18. The molecule has 2 amide bonds. The van der Waals surface area contributed by atoms with Gasteiger partial charge in [-0.2, -0.15) is 0 Å². The second-order valence-corrected chi connectivity index (χ2v) is 6.85. The third-order valence-electron chi connectivity index (χ3n) is 4.41. The summed E-state index contributed by atoms with van der Waals surface area (Å²) in [5, 5.41) is 15.3. The zero-order valence-electron chi connectivity index (χ0n) is 16.5. The number of benzene rings is 2. The second kappa shape index (κ2) is 9.71. The van der Waals surface area contributed by atoms with Gasteiger partial charge >= 0.3 is 0 Å². The van der Waals surface area contributed by atoms with Gasteiger partial charge in [0.05, 0.1) is 6.54 Å². The van der Waals surface area contributed by atoms with Crippen LogP contribution in [0.3, 0.4) is 0 Å². The molecule has 0 fully saturated rings. The van der Waals surface area contributed by atoms with Gasteiger partial charge in [0, 0.05) is 23.6 Å². The maximum atomic E-state index is 12.4. The highest BCUT2D eigenvalue weighted by Gasteiger charge is 2.14. The molecule has 2 aromatic carbocycles. The van der Waals surface area contributed by atoms with Crippen molar-refractivity contribution in [2.24, 2.45) is 0 Å². The minimum atomic E-state index is -0.909. The molecule has 30 heavy (non-hydrogen) atoms. The number of hydrogen-bond acceptors (Lipinski definition) is 5. The Kier molecular flexibility index (Phi) is 6.82. The van der Waals surface area contributed by atoms with Crippen molar-refractivity contribution in [1.29, 1.82) is 0 Å². The highest BCUT2D eigenvalue weighted by molar-refractivity contribution is 5.98. The average molecular weight is 409 g/mol. The van der Waals surface area contributed by atoms with E-state index in [1.165, 1.54) is 6.20 Å². The van der Waals surface area contributed by atoms with E-state index in [1.54, 1.807) is 30.3 Å². The summed E-state index contributed by atoms with van der Waals surface area (Å²) in [7, 11) is 0. The van der Waals surface area contributed by atoms with Crippen LogP contribution in [-0.4, -0.2) is 47.7 Å². The average Bonchev–Trinajstić information content (AvgIpc) is 2.75. The molecule has 0 saturated carbocycles. The molecule has 0 radical (unpaired) electrons. The number of aromatic amines is 1. The summed E-state index contributed by atoms with van der Waals surface area (Å²) in [5.74, 6) is -0.510. The lowest BCUT2D eigenvalue weighted by atomic mass is 10.1. The zero-order chi connectivity index (χ0) is 21.5. The molecule has 3 rings (SSSR count). The van der Waals surface area contributed by atoms with E-state index in [-0.39, 0.29) is 25.3 Å². The van der Waals surface area contributed by atoms with Crippen LogP contribution in [0.2, 0.25) is 0 Å². The summed E-state index contributed by atoms with van der Waals surface area (Å²) in [6.45, 7) is 1.60. The predicted octanol–water partition coefficient (Wildman–Crippen LogP) is 1.12. The largest absolute Gasteiger partial charge is 0.491 e. The van der Waals surface area contributed by atoms with Crippen molar-refractivity contribution in [2.45, 2.75) is 13.0 Å². The van der Waals surface area contributed by atoms with Crippen LogP contribution in [0.15, 0.2) is 59.5 Å². The van der Waals surface area contributed by atoms with Crippen molar-refractivity contribution in [3.05, 3.63) is 76.1 Å². The number of nitrogens with one attached hydrogen (secondary N) is 3.